The number of hydrogen-bond acceptors (Lipinski definition) is 3. The smallest absolute Gasteiger partial charge is 0.255 e. The predicted octanol–water partition coefficient (Wildman–Crippen LogP) is 2.93. The van der Waals surface area contributed by atoms with Crippen molar-refractivity contribution in [1.82, 2.24) is 0 Å². The Morgan fingerprint density at radius 1 is 1.05 bits per heavy atom. The van der Waals surface area contributed by atoms with Crippen LogP contribution in [0.25, 0.3) is 0 Å². The third-order valence-corrected chi connectivity index (χ3v) is 3.21. The summed E-state index contributed by atoms with van der Waals surface area (Å²) in [5.74, 6) is -1.03. The quantitative estimate of drug-likeness (QED) is 0.757. The number of hydrogen-bond donors (Lipinski definition) is 3. The molecule has 2 amide bonds. The molecule has 0 saturated heterocycles. The van der Waals surface area contributed by atoms with Crippen LogP contribution < -0.4 is 16.8 Å². The van der Waals surface area contributed by atoms with Gasteiger partial charge in [-0.15, -0.1) is 0 Å². The van der Waals surface area contributed by atoms with Crippen molar-refractivity contribution >= 4 is 46.4 Å². The van der Waals surface area contributed by atoms with Crippen molar-refractivity contribution in [3.05, 3.63) is 57.6 Å². The molecule has 0 saturated carbocycles. The Bertz CT molecular complexity index is 712. The van der Waals surface area contributed by atoms with E-state index in [2.05, 4.69) is 5.32 Å². The highest BCUT2D eigenvalue weighted by atomic mass is 35.5. The molecule has 5 N–H and O–H groups in total. The van der Waals surface area contributed by atoms with Gasteiger partial charge < -0.3 is 16.8 Å². The number of nitrogens with two attached hydrogens (primary N) is 2. The van der Waals surface area contributed by atoms with Gasteiger partial charge in [0.15, 0.2) is 0 Å². The Labute approximate surface area is 130 Å². The predicted molar refractivity (Wildman–Crippen MR) is 83.8 cm³/mol. The van der Waals surface area contributed by atoms with E-state index in [-0.39, 0.29) is 10.6 Å². The van der Waals surface area contributed by atoms with Gasteiger partial charge >= 0.3 is 0 Å². The molecule has 0 fully saturated rings. The minimum atomic E-state index is -0.638. The van der Waals surface area contributed by atoms with E-state index < -0.39 is 11.8 Å². The molecule has 0 aliphatic heterocycles. The fraction of sp³-hybridized carbons (Fsp3) is 0. The summed E-state index contributed by atoms with van der Waals surface area (Å²) in [5, 5.41) is 3.15. The van der Waals surface area contributed by atoms with Gasteiger partial charge in [-0.2, -0.15) is 0 Å². The van der Waals surface area contributed by atoms with Crippen LogP contribution in [0.4, 0.5) is 11.4 Å². The Balaban J connectivity index is 2.23. The van der Waals surface area contributed by atoms with Crippen LogP contribution in [-0.4, -0.2) is 11.8 Å². The lowest BCUT2D eigenvalue weighted by Gasteiger charge is -2.08. The van der Waals surface area contributed by atoms with Gasteiger partial charge in [0.2, 0.25) is 5.91 Å². The Kier molecular flexibility index (Phi) is 4.35. The van der Waals surface area contributed by atoms with Crippen LogP contribution in [0.2, 0.25) is 10.0 Å². The van der Waals surface area contributed by atoms with Gasteiger partial charge in [-0.25, -0.2) is 0 Å². The van der Waals surface area contributed by atoms with E-state index in [0.717, 1.165) is 0 Å². The molecule has 0 bridgehead atoms. The maximum atomic E-state index is 12.1. The summed E-state index contributed by atoms with van der Waals surface area (Å²) in [5.41, 5.74) is 12.1. The van der Waals surface area contributed by atoms with Gasteiger partial charge in [-0.3, -0.25) is 9.59 Å². The first-order chi connectivity index (χ1) is 9.86. The largest absolute Gasteiger partial charge is 0.399 e. The minimum Gasteiger partial charge on any atom is -0.399 e. The normalized spacial score (nSPS) is 10.2. The summed E-state index contributed by atoms with van der Waals surface area (Å²) in [6.07, 6.45) is 0. The molecule has 7 heteroatoms. The molecule has 0 radical (unpaired) electrons. The molecule has 0 unspecified atom stereocenters. The molecule has 2 rings (SSSR count). The highest BCUT2D eigenvalue weighted by Gasteiger charge is 2.11. The monoisotopic (exact) mass is 323 g/mol. The zero-order chi connectivity index (χ0) is 15.6. The van der Waals surface area contributed by atoms with Gasteiger partial charge in [0, 0.05) is 22.0 Å². The molecule has 2 aromatic rings. The van der Waals surface area contributed by atoms with Crippen molar-refractivity contribution in [2.45, 2.75) is 0 Å². The highest BCUT2D eigenvalue weighted by Crippen LogP contribution is 2.22. The van der Waals surface area contributed by atoms with Crippen molar-refractivity contribution in [1.29, 1.82) is 0 Å². The molecular formula is C14H11Cl2N3O2. The number of amides is 2. The van der Waals surface area contributed by atoms with E-state index in [0.29, 0.717) is 22.0 Å². The molecule has 0 aromatic heterocycles. The summed E-state index contributed by atoms with van der Waals surface area (Å²) in [4.78, 5) is 23.2. The molecular weight excluding hydrogens is 313 g/mol. The average Bonchev–Trinajstić information content (AvgIpc) is 2.37. The number of anilines is 2. The van der Waals surface area contributed by atoms with Gasteiger partial charge in [0.25, 0.3) is 5.91 Å². The number of primary amides is 1. The van der Waals surface area contributed by atoms with E-state index in [1.54, 1.807) is 0 Å². The highest BCUT2D eigenvalue weighted by molar-refractivity contribution is 6.34. The summed E-state index contributed by atoms with van der Waals surface area (Å²) < 4.78 is 0. The van der Waals surface area contributed by atoms with Crippen LogP contribution in [0, 0.1) is 0 Å². The van der Waals surface area contributed by atoms with Crippen LogP contribution in [0.1, 0.15) is 20.7 Å². The van der Waals surface area contributed by atoms with Gasteiger partial charge in [-0.1, -0.05) is 23.2 Å². The number of nitrogen functional groups attached to an aromatic ring is 1. The van der Waals surface area contributed by atoms with E-state index >= 15 is 0 Å². The fourth-order valence-electron chi connectivity index (χ4n) is 1.74. The van der Waals surface area contributed by atoms with Crippen LogP contribution in [0.5, 0.6) is 0 Å². The number of rotatable bonds is 3. The number of carbonyl (C=O) groups excluding carboxylic acids is 2. The zero-order valence-corrected chi connectivity index (χ0v) is 12.2. The van der Waals surface area contributed by atoms with Crippen molar-refractivity contribution in [3.8, 4) is 0 Å². The Morgan fingerprint density at radius 2 is 1.76 bits per heavy atom. The molecule has 5 nitrogen and oxygen atoms in total. The molecule has 0 aliphatic rings. The van der Waals surface area contributed by atoms with E-state index in [1.165, 1.54) is 36.4 Å². The third kappa shape index (κ3) is 3.65. The lowest BCUT2D eigenvalue weighted by molar-refractivity contribution is 0.0998. The number of carbonyl (C=O) groups is 2. The van der Waals surface area contributed by atoms with Crippen molar-refractivity contribution < 1.29 is 9.59 Å². The first kappa shape index (κ1) is 15.2. The van der Waals surface area contributed by atoms with Crippen LogP contribution in [0.15, 0.2) is 36.4 Å². The SMILES string of the molecule is NC(=O)c1ccc(NC(=O)c2cc(N)cc(Cl)c2)cc1Cl. The molecule has 0 atom stereocenters. The fourth-order valence-corrected chi connectivity index (χ4v) is 2.26. The second-order valence-electron chi connectivity index (χ2n) is 4.29. The van der Waals surface area contributed by atoms with E-state index in [4.69, 9.17) is 34.7 Å². The molecule has 0 aliphatic carbocycles. The molecule has 108 valence electrons. The summed E-state index contributed by atoms with van der Waals surface area (Å²) in [6, 6.07) is 8.93. The van der Waals surface area contributed by atoms with Gasteiger partial charge in [0.05, 0.1) is 10.6 Å². The molecule has 0 heterocycles. The van der Waals surface area contributed by atoms with Gasteiger partial charge in [-0.05, 0) is 36.4 Å². The second kappa shape index (κ2) is 6.03. The van der Waals surface area contributed by atoms with Crippen LogP contribution in [-0.2, 0) is 0 Å². The summed E-state index contributed by atoms with van der Waals surface area (Å²) >= 11 is 11.8. The molecule has 0 spiro atoms. The first-order valence-electron chi connectivity index (χ1n) is 5.83. The minimum absolute atomic E-state index is 0.158. The van der Waals surface area contributed by atoms with Gasteiger partial charge in [0.1, 0.15) is 0 Å². The standard InChI is InChI=1S/C14H11Cl2N3O2/c15-8-3-7(4-9(17)5-8)14(21)19-10-1-2-11(13(18)20)12(16)6-10/h1-6H,17H2,(H2,18,20)(H,19,21). The van der Waals surface area contributed by atoms with Crippen molar-refractivity contribution in [2.75, 3.05) is 11.1 Å². The maximum Gasteiger partial charge on any atom is 0.255 e. The first-order valence-corrected chi connectivity index (χ1v) is 6.59. The Morgan fingerprint density at radius 3 is 2.33 bits per heavy atom. The summed E-state index contributed by atoms with van der Waals surface area (Å²) in [6.45, 7) is 0. The van der Waals surface area contributed by atoms with Crippen LogP contribution in [0.3, 0.4) is 0 Å². The number of halogens is 2. The second-order valence-corrected chi connectivity index (χ2v) is 5.13. The lowest BCUT2D eigenvalue weighted by Crippen LogP contribution is -2.14. The van der Waals surface area contributed by atoms with Crippen molar-refractivity contribution in [3.63, 3.8) is 0 Å². The zero-order valence-electron chi connectivity index (χ0n) is 10.7. The number of benzene rings is 2. The van der Waals surface area contributed by atoms with Crippen LogP contribution >= 0.6 is 23.2 Å². The van der Waals surface area contributed by atoms with E-state index in [9.17, 15) is 9.59 Å². The Hall–Kier alpha value is -2.24. The average molecular weight is 324 g/mol. The topological polar surface area (TPSA) is 98.2 Å². The maximum absolute atomic E-state index is 12.1. The number of nitrogens with one attached hydrogen (secondary N) is 1. The van der Waals surface area contributed by atoms with Crippen molar-refractivity contribution in [2.24, 2.45) is 5.73 Å². The third-order valence-electron chi connectivity index (χ3n) is 2.67. The van der Waals surface area contributed by atoms with E-state index in [1.807, 2.05) is 0 Å². The molecule has 2 aromatic carbocycles. The lowest BCUT2D eigenvalue weighted by atomic mass is 10.1. The molecule has 21 heavy (non-hydrogen) atoms. The summed E-state index contributed by atoms with van der Waals surface area (Å²) in [7, 11) is 0.